The number of piperazine rings is 1. The molecule has 1 saturated heterocycles. The number of carbonyl (C=O) groups is 1. The second kappa shape index (κ2) is 8.80. The van der Waals surface area contributed by atoms with Gasteiger partial charge in [0.25, 0.3) is 0 Å². The van der Waals surface area contributed by atoms with Gasteiger partial charge in [-0.1, -0.05) is 26.7 Å². The number of rotatable bonds is 5. The van der Waals surface area contributed by atoms with E-state index in [0.717, 1.165) is 68.7 Å². The normalized spacial score (nSPS) is 24.5. The average molecular weight is 360 g/mol. The highest BCUT2D eigenvalue weighted by Gasteiger charge is 2.23. The van der Waals surface area contributed by atoms with E-state index in [4.69, 9.17) is 0 Å². The molecule has 1 aromatic rings. The Morgan fingerprint density at radius 3 is 2.69 bits per heavy atom. The van der Waals surface area contributed by atoms with Gasteiger partial charge in [0.1, 0.15) is 11.6 Å². The summed E-state index contributed by atoms with van der Waals surface area (Å²) < 4.78 is 0. The first-order valence-electron chi connectivity index (χ1n) is 10.1. The summed E-state index contributed by atoms with van der Waals surface area (Å²) in [5.41, 5.74) is 1.09. The Hall–Kier alpha value is -1.69. The highest BCUT2D eigenvalue weighted by molar-refractivity contribution is 5.78. The number of hydrogen-bond donors (Lipinski definition) is 1. The molecule has 6 heteroatoms. The molecule has 1 saturated carbocycles. The quantitative estimate of drug-likeness (QED) is 0.873. The zero-order valence-corrected chi connectivity index (χ0v) is 16.5. The van der Waals surface area contributed by atoms with Gasteiger partial charge < -0.3 is 10.2 Å². The fourth-order valence-corrected chi connectivity index (χ4v) is 4.13. The average Bonchev–Trinajstić information content (AvgIpc) is 2.61. The van der Waals surface area contributed by atoms with Crippen LogP contribution in [0.4, 0.5) is 5.82 Å². The summed E-state index contributed by atoms with van der Waals surface area (Å²) in [4.78, 5) is 26.0. The van der Waals surface area contributed by atoms with E-state index in [2.05, 4.69) is 45.0 Å². The molecule has 2 aliphatic rings. The van der Waals surface area contributed by atoms with Crippen LogP contribution in [0.25, 0.3) is 0 Å². The van der Waals surface area contributed by atoms with Crippen LogP contribution in [-0.4, -0.2) is 59.5 Å². The predicted octanol–water partition coefficient (Wildman–Crippen LogP) is 2.16. The number of aryl methyl sites for hydroxylation is 2. The topological polar surface area (TPSA) is 61.4 Å². The van der Waals surface area contributed by atoms with E-state index in [-0.39, 0.29) is 5.91 Å². The molecule has 1 aromatic heterocycles. The Balaban J connectivity index is 1.46. The maximum absolute atomic E-state index is 12.4. The monoisotopic (exact) mass is 359 g/mol. The van der Waals surface area contributed by atoms with Crippen molar-refractivity contribution >= 4 is 11.7 Å². The maximum atomic E-state index is 12.4. The minimum Gasteiger partial charge on any atom is -0.354 e. The first-order chi connectivity index (χ1) is 12.5. The number of anilines is 1. The van der Waals surface area contributed by atoms with Crippen LogP contribution in [0.5, 0.6) is 0 Å². The van der Waals surface area contributed by atoms with Crippen LogP contribution in [-0.2, 0) is 11.2 Å². The van der Waals surface area contributed by atoms with Crippen LogP contribution >= 0.6 is 0 Å². The van der Waals surface area contributed by atoms with Crippen molar-refractivity contribution in [2.24, 2.45) is 5.92 Å². The summed E-state index contributed by atoms with van der Waals surface area (Å²) in [6.45, 7) is 10.5. The number of nitrogens with one attached hydrogen (secondary N) is 1. The van der Waals surface area contributed by atoms with Crippen molar-refractivity contribution in [2.45, 2.75) is 58.9 Å². The highest BCUT2D eigenvalue weighted by atomic mass is 16.2. The molecule has 26 heavy (non-hydrogen) atoms. The van der Waals surface area contributed by atoms with Crippen LogP contribution in [0.3, 0.4) is 0 Å². The van der Waals surface area contributed by atoms with Gasteiger partial charge in [0.15, 0.2) is 0 Å². The molecule has 144 valence electrons. The summed E-state index contributed by atoms with van der Waals surface area (Å²) in [5.74, 6) is 2.78. The Morgan fingerprint density at radius 1 is 1.23 bits per heavy atom. The van der Waals surface area contributed by atoms with Gasteiger partial charge >= 0.3 is 0 Å². The van der Waals surface area contributed by atoms with E-state index < -0.39 is 0 Å². The fourth-order valence-electron chi connectivity index (χ4n) is 4.13. The SMILES string of the molecule is CCc1cc(N2CCN(CC(=O)NC3CCCC(C)C3)CC2)nc(C)n1. The largest absolute Gasteiger partial charge is 0.354 e. The minimum atomic E-state index is 0.184. The van der Waals surface area contributed by atoms with E-state index in [0.29, 0.717) is 12.6 Å². The van der Waals surface area contributed by atoms with E-state index in [1.807, 2.05) is 6.92 Å². The third kappa shape index (κ3) is 5.16. The van der Waals surface area contributed by atoms with Crippen molar-refractivity contribution in [3.05, 3.63) is 17.6 Å². The fraction of sp³-hybridized carbons (Fsp3) is 0.750. The molecule has 2 atom stereocenters. The Morgan fingerprint density at radius 2 is 2.00 bits per heavy atom. The zero-order valence-electron chi connectivity index (χ0n) is 16.5. The van der Waals surface area contributed by atoms with Gasteiger partial charge in [0, 0.05) is 44.0 Å². The second-order valence-electron chi connectivity index (χ2n) is 7.92. The first kappa shape index (κ1) is 19.1. The lowest BCUT2D eigenvalue weighted by molar-refractivity contribution is -0.123. The Kier molecular flexibility index (Phi) is 6.46. The van der Waals surface area contributed by atoms with Crippen LogP contribution in [0.1, 0.15) is 51.0 Å². The molecule has 1 amide bonds. The Bertz CT molecular complexity index is 612. The van der Waals surface area contributed by atoms with Crippen LogP contribution in [0.15, 0.2) is 6.07 Å². The van der Waals surface area contributed by atoms with Crippen LogP contribution in [0.2, 0.25) is 0 Å². The van der Waals surface area contributed by atoms with Gasteiger partial charge in [0.05, 0.1) is 6.54 Å². The molecule has 0 aromatic carbocycles. The lowest BCUT2D eigenvalue weighted by Gasteiger charge is -2.35. The van der Waals surface area contributed by atoms with Crippen LogP contribution < -0.4 is 10.2 Å². The van der Waals surface area contributed by atoms with Crippen molar-refractivity contribution in [1.82, 2.24) is 20.2 Å². The van der Waals surface area contributed by atoms with Gasteiger partial charge in [-0.2, -0.15) is 0 Å². The van der Waals surface area contributed by atoms with Crippen molar-refractivity contribution in [1.29, 1.82) is 0 Å². The zero-order chi connectivity index (χ0) is 18.5. The van der Waals surface area contributed by atoms with E-state index in [1.165, 1.54) is 12.8 Å². The van der Waals surface area contributed by atoms with Gasteiger partial charge in [-0.05, 0) is 32.1 Å². The highest BCUT2D eigenvalue weighted by Crippen LogP contribution is 2.23. The first-order valence-corrected chi connectivity index (χ1v) is 10.1. The number of nitrogens with zero attached hydrogens (tertiary/aromatic N) is 4. The van der Waals surface area contributed by atoms with Gasteiger partial charge in [-0.3, -0.25) is 9.69 Å². The van der Waals surface area contributed by atoms with E-state index in [1.54, 1.807) is 0 Å². The van der Waals surface area contributed by atoms with Crippen molar-refractivity contribution in [2.75, 3.05) is 37.6 Å². The van der Waals surface area contributed by atoms with Crippen molar-refractivity contribution < 1.29 is 4.79 Å². The summed E-state index contributed by atoms with van der Waals surface area (Å²) >= 11 is 0. The molecule has 3 rings (SSSR count). The molecule has 0 spiro atoms. The molecular weight excluding hydrogens is 326 g/mol. The molecule has 2 unspecified atom stereocenters. The number of amides is 1. The predicted molar refractivity (Wildman–Crippen MR) is 104 cm³/mol. The summed E-state index contributed by atoms with van der Waals surface area (Å²) in [6.07, 6.45) is 5.73. The van der Waals surface area contributed by atoms with Gasteiger partial charge in [-0.15, -0.1) is 0 Å². The molecule has 0 bridgehead atoms. The van der Waals surface area contributed by atoms with E-state index in [9.17, 15) is 4.79 Å². The van der Waals surface area contributed by atoms with Crippen LogP contribution in [0, 0.1) is 12.8 Å². The second-order valence-corrected chi connectivity index (χ2v) is 7.92. The van der Waals surface area contributed by atoms with Gasteiger partial charge in [0.2, 0.25) is 5.91 Å². The molecule has 6 nitrogen and oxygen atoms in total. The summed E-state index contributed by atoms with van der Waals surface area (Å²) in [6, 6.07) is 2.48. The third-order valence-electron chi connectivity index (χ3n) is 5.60. The summed E-state index contributed by atoms with van der Waals surface area (Å²) in [5, 5.41) is 3.25. The number of aromatic nitrogens is 2. The van der Waals surface area contributed by atoms with E-state index >= 15 is 0 Å². The molecule has 2 heterocycles. The molecule has 1 aliphatic carbocycles. The third-order valence-corrected chi connectivity index (χ3v) is 5.60. The lowest BCUT2D eigenvalue weighted by atomic mass is 9.87. The molecule has 1 aliphatic heterocycles. The number of hydrogen-bond acceptors (Lipinski definition) is 5. The standard InChI is InChI=1S/C20H33N5O/c1-4-17-13-19(22-16(3)21-17)25-10-8-24(9-11-25)14-20(26)23-18-7-5-6-15(2)12-18/h13,15,18H,4-12,14H2,1-3H3,(H,23,26). The van der Waals surface area contributed by atoms with Gasteiger partial charge in [-0.25, -0.2) is 9.97 Å². The smallest absolute Gasteiger partial charge is 0.234 e. The molecule has 2 fully saturated rings. The maximum Gasteiger partial charge on any atom is 0.234 e. The van der Waals surface area contributed by atoms with Crippen molar-refractivity contribution in [3.8, 4) is 0 Å². The summed E-state index contributed by atoms with van der Waals surface area (Å²) in [7, 11) is 0. The molecular formula is C20H33N5O. The van der Waals surface area contributed by atoms with Crippen molar-refractivity contribution in [3.63, 3.8) is 0 Å². The molecule has 1 N–H and O–H groups in total. The lowest BCUT2D eigenvalue weighted by Crippen LogP contribution is -2.51. The Labute approximate surface area is 157 Å². The minimum absolute atomic E-state index is 0.184. The number of carbonyl (C=O) groups excluding carboxylic acids is 1. The molecule has 0 radical (unpaired) electrons.